The van der Waals surface area contributed by atoms with E-state index in [-0.39, 0.29) is 0 Å². The van der Waals surface area contributed by atoms with Crippen LogP contribution in [0.1, 0.15) is 27.3 Å². The van der Waals surface area contributed by atoms with Gasteiger partial charge in [-0.3, -0.25) is 9.59 Å². The first kappa shape index (κ1) is 20.9. The zero-order valence-electron chi connectivity index (χ0n) is 15.4. The molecule has 0 radical (unpaired) electrons. The van der Waals surface area contributed by atoms with Crippen LogP contribution in [0, 0.1) is 6.92 Å². The Hall–Kier alpha value is -2.84. The highest BCUT2D eigenvalue weighted by Gasteiger charge is 2.25. The standard InChI is InChI=1S/C21H18N2O4S2/c1-13-12-16(28-17(19(24)25)14-8-4-2-5-9-14)23-21(22-13)29-18(20(26)27)15-10-6-3-7-11-15/h2-12,17-18H,1H3,(H,24,25)(H,26,27)/t17-,18+/m0/s1. The predicted octanol–water partition coefficient (Wildman–Crippen LogP) is 4.62. The Labute approximate surface area is 176 Å². The van der Waals surface area contributed by atoms with E-state index >= 15 is 0 Å². The summed E-state index contributed by atoms with van der Waals surface area (Å²) in [6.07, 6.45) is 0. The molecule has 0 aliphatic rings. The highest BCUT2D eigenvalue weighted by Crippen LogP contribution is 2.38. The summed E-state index contributed by atoms with van der Waals surface area (Å²) in [5, 5.41) is 18.4. The van der Waals surface area contributed by atoms with E-state index in [1.54, 1.807) is 61.5 Å². The van der Waals surface area contributed by atoms with Gasteiger partial charge in [-0.2, -0.15) is 0 Å². The number of carboxylic acid groups (broad SMARTS) is 2. The van der Waals surface area contributed by atoms with E-state index in [1.165, 1.54) is 0 Å². The second kappa shape index (κ2) is 9.58. The Bertz CT molecular complexity index is 922. The first-order valence-electron chi connectivity index (χ1n) is 8.68. The summed E-state index contributed by atoms with van der Waals surface area (Å²) in [6, 6.07) is 19.5. The van der Waals surface area contributed by atoms with Gasteiger partial charge in [-0.25, -0.2) is 9.97 Å². The molecule has 0 aliphatic carbocycles. The third-order valence-corrected chi connectivity index (χ3v) is 6.19. The molecule has 0 amide bonds. The lowest BCUT2D eigenvalue weighted by Crippen LogP contribution is -2.10. The number of rotatable bonds is 8. The minimum atomic E-state index is -0.992. The number of aliphatic carboxylic acids is 2. The van der Waals surface area contributed by atoms with Crippen molar-refractivity contribution in [1.29, 1.82) is 0 Å². The lowest BCUT2D eigenvalue weighted by Gasteiger charge is -2.14. The van der Waals surface area contributed by atoms with E-state index in [4.69, 9.17) is 0 Å². The highest BCUT2D eigenvalue weighted by atomic mass is 32.2. The Kier molecular flexibility index (Phi) is 6.90. The van der Waals surface area contributed by atoms with Crippen LogP contribution in [-0.4, -0.2) is 32.1 Å². The van der Waals surface area contributed by atoms with Crippen LogP contribution in [0.2, 0.25) is 0 Å². The Morgan fingerprint density at radius 2 is 1.28 bits per heavy atom. The Balaban J connectivity index is 1.87. The molecule has 0 bridgehead atoms. The van der Waals surface area contributed by atoms with E-state index in [2.05, 4.69) is 9.97 Å². The number of benzene rings is 2. The van der Waals surface area contributed by atoms with Crippen LogP contribution in [0.4, 0.5) is 0 Å². The minimum absolute atomic E-state index is 0.293. The fourth-order valence-corrected chi connectivity index (χ4v) is 4.65. The third-order valence-electron chi connectivity index (χ3n) is 3.93. The van der Waals surface area contributed by atoms with Gasteiger partial charge < -0.3 is 10.2 Å². The maximum Gasteiger partial charge on any atom is 0.321 e. The van der Waals surface area contributed by atoms with Crippen molar-refractivity contribution in [1.82, 2.24) is 9.97 Å². The molecule has 0 spiro atoms. The molecule has 3 rings (SSSR count). The maximum absolute atomic E-state index is 11.8. The largest absolute Gasteiger partial charge is 0.480 e. The normalized spacial score (nSPS) is 12.9. The smallest absolute Gasteiger partial charge is 0.321 e. The van der Waals surface area contributed by atoms with Gasteiger partial charge in [-0.15, -0.1) is 0 Å². The van der Waals surface area contributed by atoms with E-state index < -0.39 is 22.4 Å². The molecule has 6 nitrogen and oxygen atoms in total. The van der Waals surface area contributed by atoms with Crippen molar-refractivity contribution in [3.63, 3.8) is 0 Å². The minimum Gasteiger partial charge on any atom is -0.480 e. The fourth-order valence-electron chi connectivity index (χ4n) is 2.63. The lowest BCUT2D eigenvalue weighted by atomic mass is 10.1. The number of aryl methyl sites for hydroxylation is 1. The van der Waals surface area contributed by atoms with Crippen LogP contribution in [0.5, 0.6) is 0 Å². The number of hydrogen-bond donors (Lipinski definition) is 2. The van der Waals surface area contributed by atoms with Crippen molar-refractivity contribution in [2.75, 3.05) is 0 Å². The third kappa shape index (κ3) is 5.58. The molecule has 1 aromatic heterocycles. The molecule has 29 heavy (non-hydrogen) atoms. The van der Waals surface area contributed by atoms with Gasteiger partial charge in [0.15, 0.2) is 5.16 Å². The van der Waals surface area contributed by atoms with Gasteiger partial charge in [0, 0.05) is 5.69 Å². The molecule has 3 aromatic rings. The number of nitrogens with zero attached hydrogens (tertiary/aromatic N) is 2. The molecule has 8 heteroatoms. The monoisotopic (exact) mass is 426 g/mol. The van der Waals surface area contributed by atoms with Gasteiger partial charge in [-0.1, -0.05) is 84.2 Å². The van der Waals surface area contributed by atoms with Gasteiger partial charge in [0.2, 0.25) is 0 Å². The summed E-state index contributed by atoms with van der Waals surface area (Å²) in [7, 11) is 0. The van der Waals surface area contributed by atoms with Crippen molar-refractivity contribution in [3.8, 4) is 0 Å². The van der Waals surface area contributed by atoms with E-state index in [9.17, 15) is 19.8 Å². The summed E-state index contributed by atoms with van der Waals surface area (Å²) < 4.78 is 0. The van der Waals surface area contributed by atoms with Crippen LogP contribution in [0.15, 0.2) is 76.9 Å². The summed E-state index contributed by atoms with van der Waals surface area (Å²) in [5.74, 6) is -1.97. The lowest BCUT2D eigenvalue weighted by molar-refractivity contribution is -0.137. The van der Waals surface area contributed by atoms with E-state index in [1.807, 2.05) is 12.1 Å². The predicted molar refractivity (Wildman–Crippen MR) is 112 cm³/mol. The molecule has 2 aromatic carbocycles. The average Bonchev–Trinajstić information content (AvgIpc) is 2.71. The molecule has 0 aliphatic heterocycles. The highest BCUT2D eigenvalue weighted by molar-refractivity contribution is 8.00. The van der Waals surface area contributed by atoms with Gasteiger partial charge in [0.05, 0.1) is 0 Å². The fraction of sp³-hybridized carbons (Fsp3) is 0.143. The molecule has 148 valence electrons. The van der Waals surface area contributed by atoms with Crippen LogP contribution in [0.3, 0.4) is 0 Å². The molecule has 2 atom stereocenters. The molecular weight excluding hydrogens is 408 g/mol. The average molecular weight is 427 g/mol. The summed E-state index contributed by atoms with van der Waals surface area (Å²) in [6.45, 7) is 1.77. The molecule has 1 heterocycles. The first-order valence-corrected chi connectivity index (χ1v) is 10.4. The van der Waals surface area contributed by atoms with Crippen LogP contribution >= 0.6 is 23.5 Å². The number of hydrogen-bond acceptors (Lipinski definition) is 6. The quantitative estimate of drug-likeness (QED) is 0.306. The second-order valence-corrected chi connectivity index (χ2v) is 8.32. The first-order chi connectivity index (χ1) is 13.9. The maximum atomic E-state index is 11.8. The molecule has 0 fully saturated rings. The van der Waals surface area contributed by atoms with E-state index in [0.717, 1.165) is 23.5 Å². The van der Waals surface area contributed by atoms with Gasteiger partial charge in [-0.05, 0) is 24.1 Å². The number of carbonyl (C=O) groups is 2. The molecular formula is C21H18N2O4S2. The van der Waals surface area contributed by atoms with E-state index in [0.29, 0.717) is 27.0 Å². The molecule has 0 saturated carbocycles. The zero-order chi connectivity index (χ0) is 20.8. The van der Waals surface area contributed by atoms with Crippen molar-refractivity contribution in [3.05, 3.63) is 83.6 Å². The van der Waals surface area contributed by atoms with Crippen molar-refractivity contribution < 1.29 is 19.8 Å². The summed E-state index contributed by atoms with van der Waals surface area (Å²) in [5.41, 5.74) is 1.93. The number of carboxylic acids is 2. The van der Waals surface area contributed by atoms with Crippen molar-refractivity contribution in [2.24, 2.45) is 0 Å². The molecule has 0 saturated heterocycles. The molecule has 2 N–H and O–H groups in total. The van der Waals surface area contributed by atoms with Crippen LogP contribution < -0.4 is 0 Å². The Morgan fingerprint density at radius 3 is 1.76 bits per heavy atom. The van der Waals surface area contributed by atoms with Gasteiger partial charge in [0.1, 0.15) is 15.5 Å². The Morgan fingerprint density at radius 1 is 0.793 bits per heavy atom. The van der Waals surface area contributed by atoms with Crippen LogP contribution in [-0.2, 0) is 9.59 Å². The van der Waals surface area contributed by atoms with Crippen molar-refractivity contribution >= 4 is 35.5 Å². The SMILES string of the molecule is Cc1cc(S[C@H](C(=O)O)c2ccccc2)nc(S[C@@H](C(=O)O)c2ccccc2)n1. The van der Waals surface area contributed by atoms with Gasteiger partial charge >= 0.3 is 11.9 Å². The topological polar surface area (TPSA) is 100 Å². The number of aromatic nitrogens is 2. The summed E-state index contributed by atoms with van der Waals surface area (Å²) in [4.78, 5) is 32.3. The summed E-state index contributed by atoms with van der Waals surface area (Å²) >= 11 is 2.13. The number of thioether (sulfide) groups is 2. The van der Waals surface area contributed by atoms with Gasteiger partial charge in [0.25, 0.3) is 0 Å². The second-order valence-electron chi connectivity index (χ2n) is 6.12. The van der Waals surface area contributed by atoms with Crippen LogP contribution in [0.25, 0.3) is 0 Å². The van der Waals surface area contributed by atoms with Crippen molar-refractivity contribution in [2.45, 2.75) is 27.6 Å². The zero-order valence-corrected chi connectivity index (χ0v) is 17.1. The molecule has 0 unspecified atom stereocenters.